The number of H-pyrrole nitrogens is 1. The zero-order valence-corrected chi connectivity index (χ0v) is 9.44. The molecule has 1 aromatic heterocycles. The SMILES string of the molecule is CC(=O)CCCCN1CN=Cc2[nH]cnc21. The minimum absolute atomic E-state index is 0.261. The van der Waals surface area contributed by atoms with Gasteiger partial charge in [0, 0.05) is 13.0 Å². The van der Waals surface area contributed by atoms with Crippen LogP contribution in [0.5, 0.6) is 0 Å². The maximum absolute atomic E-state index is 10.8. The van der Waals surface area contributed by atoms with Crippen molar-refractivity contribution in [1.82, 2.24) is 9.97 Å². The van der Waals surface area contributed by atoms with Gasteiger partial charge in [-0.25, -0.2) is 4.98 Å². The molecule has 2 heterocycles. The molecule has 0 fully saturated rings. The van der Waals surface area contributed by atoms with Gasteiger partial charge in [0.05, 0.1) is 12.5 Å². The van der Waals surface area contributed by atoms with Crippen LogP contribution in [0, 0.1) is 0 Å². The van der Waals surface area contributed by atoms with Gasteiger partial charge in [-0.05, 0) is 19.8 Å². The van der Waals surface area contributed by atoms with Crippen LogP contribution in [0.3, 0.4) is 0 Å². The third kappa shape index (κ3) is 2.48. The van der Waals surface area contributed by atoms with E-state index in [0.29, 0.717) is 13.1 Å². The number of carbonyl (C=O) groups is 1. The van der Waals surface area contributed by atoms with E-state index in [-0.39, 0.29) is 5.78 Å². The van der Waals surface area contributed by atoms with E-state index in [2.05, 4.69) is 19.9 Å². The summed E-state index contributed by atoms with van der Waals surface area (Å²) in [5.74, 6) is 1.23. The van der Waals surface area contributed by atoms with E-state index >= 15 is 0 Å². The first-order chi connectivity index (χ1) is 7.77. The summed E-state index contributed by atoms with van der Waals surface area (Å²) in [7, 11) is 0. The van der Waals surface area contributed by atoms with Gasteiger partial charge in [0.25, 0.3) is 0 Å². The van der Waals surface area contributed by atoms with Crippen LogP contribution in [0.4, 0.5) is 5.82 Å². The largest absolute Gasteiger partial charge is 0.342 e. The van der Waals surface area contributed by atoms with Crippen molar-refractivity contribution in [2.24, 2.45) is 4.99 Å². The molecule has 0 amide bonds. The minimum atomic E-state index is 0.261. The summed E-state index contributed by atoms with van der Waals surface area (Å²) in [6.45, 7) is 3.21. The maximum atomic E-state index is 10.8. The number of Topliss-reactive ketones (excluding diaryl/α,β-unsaturated/α-hetero) is 1. The molecule has 1 N–H and O–H groups in total. The standard InChI is InChI=1S/C11H16N4O/c1-9(16)4-2-3-5-15-8-12-6-10-11(15)14-7-13-10/h6-7H,2-5,8H2,1H3,(H,13,14). The van der Waals surface area contributed by atoms with E-state index < -0.39 is 0 Å². The molecule has 1 aliphatic heterocycles. The van der Waals surface area contributed by atoms with Crippen LogP contribution < -0.4 is 4.90 Å². The predicted octanol–water partition coefficient (Wildman–Crippen LogP) is 1.37. The van der Waals surface area contributed by atoms with Gasteiger partial charge in [-0.3, -0.25) is 4.99 Å². The topological polar surface area (TPSA) is 61.4 Å². The lowest BCUT2D eigenvalue weighted by Crippen LogP contribution is -2.28. The van der Waals surface area contributed by atoms with Gasteiger partial charge in [0.15, 0.2) is 5.82 Å². The summed E-state index contributed by atoms with van der Waals surface area (Å²) in [6.07, 6.45) is 6.11. The van der Waals surface area contributed by atoms with Crippen LogP contribution in [0.1, 0.15) is 31.9 Å². The number of carbonyl (C=O) groups excluding carboxylic acids is 1. The van der Waals surface area contributed by atoms with E-state index in [4.69, 9.17) is 0 Å². The van der Waals surface area contributed by atoms with Gasteiger partial charge < -0.3 is 14.7 Å². The number of imidazole rings is 1. The molecule has 5 heteroatoms. The normalized spacial score (nSPS) is 13.9. The summed E-state index contributed by atoms with van der Waals surface area (Å²) in [5, 5.41) is 0. The average molecular weight is 220 g/mol. The Morgan fingerprint density at radius 1 is 1.56 bits per heavy atom. The summed E-state index contributed by atoms with van der Waals surface area (Å²) in [6, 6.07) is 0. The summed E-state index contributed by atoms with van der Waals surface area (Å²) < 4.78 is 0. The molecule has 0 saturated carbocycles. The first kappa shape index (κ1) is 10.9. The van der Waals surface area contributed by atoms with E-state index in [0.717, 1.165) is 30.9 Å². The molecule has 0 radical (unpaired) electrons. The van der Waals surface area contributed by atoms with Crippen molar-refractivity contribution < 1.29 is 4.79 Å². The van der Waals surface area contributed by atoms with Crippen LogP contribution in [-0.4, -0.2) is 35.2 Å². The predicted molar refractivity (Wildman–Crippen MR) is 62.9 cm³/mol. The highest BCUT2D eigenvalue weighted by molar-refractivity contribution is 5.85. The Morgan fingerprint density at radius 3 is 3.25 bits per heavy atom. The minimum Gasteiger partial charge on any atom is -0.342 e. The second-order valence-electron chi connectivity index (χ2n) is 4.02. The van der Waals surface area contributed by atoms with E-state index in [1.165, 1.54) is 0 Å². The number of nitrogens with one attached hydrogen (secondary N) is 1. The van der Waals surface area contributed by atoms with Crippen LogP contribution in [-0.2, 0) is 4.79 Å². The van der Waals surface area contributed by atoms with Crippen LogP contribution in [0.2, 0.25) is 0 Å². The van der Waals surface area contributed by atoms with Crippen molar-refractivity contribution in [3.05, 3.63) is 12.0 Å². The number of fused-ring (bicyclic) bond motifs is 1. The molecule has 0 bridgehead atoms. The number of hydrogen-bond acceptors (Lipinski definition) is 4. The molecule has 0 spiro atoms. The average Bonchev–Trinajstić information content (AvgIpc) is 2.72. The Balaban J connectivity index is 1.83. The molecule has 0 unspecified atom stereocenters. The van der Waals surface area contributed by atoms with Gasteiger partial charge in [-0.15, -0.1) is 0 Å². The highest BCUT2D eigenvalue weighted by Gasteiger charge is 2.15. The summed E-state index contributed by atoms with van der Waals surface area (Å²) in [4.78, 5) is 24.5. The third-order valence-corrected chi connectivity index (χ3v) is 2.63. The number of aromatic nitrogens is 2. The molecular formula is C11H16N4O. The number of nitrogens with zero attached hydrogens (tertiary/aromatic N) is 3. The first-order valence-corrected chi connectivity index (χ1v) is 5.55. The Bertz CT molecular complexity index is 396. The van der Waals surface area contributed by atoms with E-state index in [9.17, 15) is 4.79 Å². The Kier molecular flexibility index (Phi) is 3.34. The van der Waals surface area contributed by atoms with Gasteiger partial charge in [0.2, 0.25) is 0 Å². The van der Waals surface area contributed by atoms with E-state index in [1.54, 1.807) is 13.3 Å². The number of ketones is 1. The quantitative estimate of drug-likeness (QED) is 0.762. The van der Waals surface area contributed by atoms with Crippen LogP contribution >= 0.6 is 0 Å². The maximum Gasteiger partial charge on any atom is 0.157 e. The van der Waals surface area contributed by atoms with Gasteiger partial charge in [-0.1, -0.05) is 0 Å². The fourth-order valence-corrected chi connectivity index (χ4v) is 1.79. The van der Waals surface area contributed by atoms with E-state index in [1.807, 2.05) is 6.21 Å². The van der Waals surface area contributed by atoms with Crippen LogP contribution in [0.15, 0.2) is 11.3 Å². The Morgan fingerprint density at radius 2 is 2.44 bits per heavy atom. The molecule has 0 aromatic carbocycles. The number of anilines is 1. The second-order valence-corrected chi connectivity index (χ2v) is 4.02. The van der Waals surface area contributed by atoms with Crippen molar-refractivity contribution in [2.75, 3.05) is 18.1 Å². The number of aliphatic imine (C=N–C) groups is 1. The highest BCUT2D eigenvalue weighted by atomic mass is 16.1. The molecule has 5 nitrogen and oxygen atoms in total. The molecule has 86 valence electrons. The van der Waals surface area contributed by atoms with Crippen molar-refractivity contribution >= 4 is 17.8 Å². The van der Waals surface area contributed by atoms with Crippen molar-refractivity contribution in [3.63, 3.8) is 0 Å². The lowest BCUT2D eigenvalue weighted by atomic mass is 10.2. The fraction of sp³-hybridized carbons (Fsp3) is 0.545. The lowest BCUT2D eigenvalue weighted by molar-refractivity contribution is -0.117. The number of unbranched alkanes of at least 4 members (excludes halogenated alkanes) is 1. The zero-order chi connectivity index (χ0) is 11.4. The molecule has 0 atom stereocenters. The lowest BCUT2D eigenvalue weighted by Gasteiger charge is -2.23. The zero-order valence-electron chi connectivity index (χ0n) is 9.44. The molecule has 1 aliphatic rings. The molecular weight excluding hydrogens is 204 g/mol. The fourth-order valence-electron chi connectivity index (χ4n) is 1.79. The molecule has 0 saturated heterocycles. The summed E-state index contributed by atoms with van der Waals surface area (Å²) in [5.41, 5.74) is 0.970. The molecule has 2 rings (SSSR count). The number of hydrogen-bond donors (Lipinski definition) is 1. The number of aromatic amines is 1. The molecule has 0 aliphatic carbocycles. The highest BCUT2D eigenvalue weighted by Crippen LogP contribution is 2.18. The number of rotatable bonds is 5. The van der Waals surface area contributed by atoms with Gasteiger partial charge in [0.1, 0.15) is 18.1 Å². The van der Waals surface area contributed by atoms with Crippen molar-refractivity contribution in [1.29, 1.82) is 0 Å². The van der Waals surface area contributed by atoms with Gasteiger partial charge in [-0.2, -0.15) is 0 Å². The second kappa shape index (κ2) is 4.92. The van der Waals surface area contributed by atoms with Crippen molar-refractivity contribution in [2.45, 2.75) is 26.2 Å². The molecule has 16 heavy (non-hydrogen) atoms. The summed E-state index contributed by atoms with van der Waals surface area (Å²) >= 11 is 0. The monoisotopic (exact) mass is 220 g/mol. The molecule has 1 aromatic rings. The smallest absolute Gasteiger partial charge is 0.157 e. The van der Waals surface area contributed by atoms with Gasteiger partial charge >= 0.3 is 0 Å². The van der Waals surface area contributed by atoms with Crippen LogP contribution in [0.25, 0.3) is 0 Å². The Hall–Kier alpha value is -1.65. The third-order valence-electron chi connectivity index (χ3n) is 2.63. The Labute approximate surface area is 94.6 Å². The van der Waals surface area contributed by atoms with Crippen molar-refractivity contribution in [3.8, 4) is 0 Å². The first-order valence-electron chi connectivity index (χ1n) is 5.55.